The standard InChI is InChI=1S/C21H24ClN3O5/c1-28-12-6-11-23-20(26)21(27)25-24-13-15-8-5-10-18(29-2)19(15)30-14-16-7-3-4-9-17(16)22/h3-5,7-10,13H,6,11-12,14H2,1-2H3,(H,23,26)(H,25,27)/b24-13-. The summed E-state index contributed by atoms with van der Waals surface area (Å²) >= 11 is 6.18. The topological polar surface area (TPSA) is 98.2 Å². The summed E-state index contributed by atoms with van der Waals surface area (Å²) in [5.41, 5.74) is 3.56. The van der Waals surface area contributed by atoms with E-state index < -0.39 is 11.8 Å². The molecule has 0 saturated carbocycles. The van der Waals surface area contributed by atoms with Gasteiger partial charge >= 0.3 is 11.8 Å². The second-order valence-corrected chi connectivity index (χ2v) is 6.47. The van der Waals surface area contributed by atoms with Crippen molar-refractivity contribution in [1.29, 1.82) is 0 Å². The number of hydrogen-bond acceptors (Lipinski definition) is 6. The predicted octanol–water partition coefficient (Wildman–Crippen LogP) is 2.53. The number of nitrogens with zero attached hydrogens (tertiary/aromatic N) is 1. The highest BCUT2D eigenvalue weighted by molar-refractivity contribution is 6.35. The van der Waals surface area contributed by atoms with Crippen LogP contribution in [-0.2, 0) is 20.9 Å². The minimum absolute atomic E-state index is 0.219. The van der Waals surface area contributed by atoms with Crippen molar-refractivity contribution < 1.29 is 23.8 Å². The molecule has 0 aliphatic heterocycles. The van der Waals surface area contributed by atoms with E-state index in [2.05, 4.69) is 15.8 Å². The van der Waals surface area contributed by atoms with E-state index in [1.807, 2.05) is 18.2 Å². The number of ether oxygens (including phenoxy) is 3. The number of methoxy groups -OCH3 is 2. The number of rotatable bonds is 10. The summed E-state index contributed by atoms with van der Waals surface area (Å²) in [6.07, 6.45) is 1.98. The van der Waals surface area contributed by atoms with Gasteiger partial charge in [-0.05, 0) is 24.6 Å². The Morgan fingerprint density at radius 1 is 1.10 bits per heavy atom. The first kappa shape index (κ1) is 23.2. The van der Waals surface area contributed by atoms with E-state index >= 15 is 0 Å². The maximum atomic E-state index is 11.8. The summed E-state index contributed by atoms with van der Waals surface area (Å²) in [5, 5.41) is 6.91. The minimum Gasteiger partial charge on any atom is -0.493 e. The molecule has 160 valence electrons. The van der Waals surface area contributed by atoms with Crippen LogP contribution in [0.5, 0.6) is 11.5 Å². The molecule has 2 aromatic carbocycles. The van der Waals surface area contributed by atoms with Gasteiger partial charge < -0.3 is 19.5 Å². The average molecular weight is 434 g/mol. The van der Waals surface area contributed by atoms with Crippen LogP contribution in [0.25, 0.3) is 0 Å². The fourth-order valence-electron chi connectivity index (χ4n) is 2.42. The highest BCUT2D eigenvalue weighted by atomic mass is 35.5. The largest absolute Gasteiger partial charge is 0.493 e. The Bertz CT molecular complexity index is 889. The normalized spacial score (nSPS) is 10.6. The van der Waals surface area contributed by atoms with Gasteiger partial charge in [0.05, 0.1) is 13.3 Å². The smallest absolute Gasteiger partial charge is 0.329 e. The summed E-state index contributed by atoms with van der Waals surface area (Å²) < 4.78 is 16.1. The maximum absolute atomic E-state index is 11.8. The van der Waals surface area contributed by atoms with Crippen molar-refractivity contribution in [3.05, 3.63) is 58.6 Å². The number of nitrogens with one attached hydrogen (secondary N) is 2. The molecule has 2 rings (SSSR count). The number of carbonyl (C=O) groups is 2. The second-order valence-electron chi connectivity index (χ2n) is 6.06. The number of benzene rings is 2. The SMILES string of the molecule is COCCCNC(=O)C(=O)N/N=C\c1cccc(OC)c1OCc1ccccc1Cl. The van der Waals surface area contributed by atoms with E-state index in [9.17, 15) is 9.59 Å². The molecular weight excluding hydrogens is 410 g/mol. The van der Waals surface area contributed by atoms with Gasteiger partial charge in [0.15, 0.2) is 11.5 Å². The van der Waals surface area contributed by atoms with Crippen molar-refractivity contribution >= 4 is 29.6 Å². The molecule has 0 heterocycles. The molecule has 9 heteroatoms. The van der Waals surface area contributed by atoms with Crippen LogP contribution in [0.3, 0.4) is 0 Å². The Morgan fingerprint density at radius 3 is 2.63 bits per heavy atom. The Morgan fingerprint density at radius 2 is 1.90 bits per heavy atom. The van der Waals surface area contributed by atoms with Crippen LogP contribution < -0.4 is 20.2 Å². The van der Waals surface area contributed by atoms with Gasteiger partial charge in [-0.25, -0.2) is 5.43 Å². The van der Waals surface area contributed by atoms with Crippen molar-refractivity contribution in [2.24, 2.45) is 5.10 Å². The Balaban J connectivity index is 2.02. The molecule has 8 nitrogen and oxygen atoms in total. The molecule has 0 aliphatic carbocycles. The first-order chi connectivity index (χ1) is 14.6. The molecule has 0 spiro atoms. The molecule has 0 aromatic heterocycles. The summed E-state index contributed by atoms with van der Waals surface area (Å²) in [6.45, 7) is 1.05. The lowest BCUT2D eigenvalue weighted by molar-refractivity contribution is -0.139. The van der Waals surface area contributed by atoms with Gasteiger partial charge in [-0.1, -0.05) is 35.9 Å². The van der Waals surface area contributed by atoms with Crippen LogP contribution >= 0.6 is 11.6 Å². The summed E-state index contributed by atoms with van der Waals surface area (Å²) in [4.78, 5) is 23.5. The summed E-state index contributed by atoms with van der Waals surface area (Å²) in [7, 11) is 3.09. The number of carbonyl (C=O) groups excluding carboxylic acids is 2. The van der Waals surface area contributed by atoms with Gasteiger partial charge in [0.2, 0.25) is 0 Å². The number of hydrazone groups is 1. The molecule has 0 bridgehead atoms. The Hall–Kier alpha value is -3.10. The molecule has 0 fully saturated rings. The molecule has 0 saturated heterocycles. The molecule has 2 aromatic rings. The third-order valence-corrected chi connectivity index (χ3v) is 4.31. The van der Waals surface area contributed by atoms with Crippen molar-refractivity contribution in [3.63, 3.8) is 0 Å². The first-order valence-corrected chi connectivity index (χ1v) is 9.58. The van der Waals surface area contributed by atoms with Crippen LogP contribution in [0.15, 0.2) is 47.6 Å². The van der Waals surface area contributed by atoms with Crippen molar-refractivity contribution in [2.75, 3.05) is 27.4 Å². The zero-order chi connectivity index (χ0) is 21.8. The molecule has 0 atom stereocenters. The molecule has 0 aliphatic rings. The van der Waals surface area contributed by atoms with E-state index in [0.717, 1.165) is 5.56 Å². The molecular formula is C21H24ClN3O5. The average Bonchev–Trinajstić information content (AvgIpc) is 2.76. The van der Waals surface area contributed by atoms with E-state index in [-0.39, 0.29) is 6.61 Å². The van der Waals surface area contributed by atoms with E-state index in [0.29, 0.717) is 41.7 Å². The summed E-state index contributed by atoms with van der Waals surface area (Å²) in [5.74, 6) is -0.718. The monoisotopic (exact) mass is 433 g/mol. The minimum atomic E-state index is -0.870. The number of halogens is 1. The Kier molecular flexibility index (Phi) is 9.63. The quantitative estimate of drug-likeness (QED) is 0.260. The van der Waals surface area contributed by atoms with Crippen molar-refractivity contribution in [2.45, 2.75) is 13.0 Å². The lowest BCUT2D eigenvalue weighted by atomic mass is 10.2. The van der Waals surface area contributed by atoms with Crippen LogP contribution in [0.2, 0.25) is 5.02 Å². The fourth-order valence-corrected chi connectivity index (χ4v) is 2.62. The molecule has 0 radical (unpaired) electrons. The van der Waals surface area contributed by atoms with E-state index in [1.165, 1.54) is 13.3 Å². The van der Waals surface area contributed by atoms with Crippen LogP contribution in [0, 0.1) is 0 Å². The zero-order valence-corrected chi connectivity index (χ0v) is 17.6. The van der Waals surface area contributed by atoms with Gasteiger partial charge in [-0.2, -0.15) is 5.10 Å². The third kappa shape index (κ3) is 7.06. The Labute approximate surface area is 180 Å². The molecule has 2 amide bonds. The highest BCUT2D eigenvalue weighted by Crippen LogP contribution is 2.31. The number of hydrogen-bond donors (Lipinski definition) is 2. The highest BCUT2D eigenvalue weighted by Gasteiger charge is 2.13. The van der Waals surface area contributed by atoms with Gasteiger partial charge in [0.1, 0.15) is 6.61 Å². The molecule has 0 unspecified atom stereocenters. The van der Waals surface area contributed by atoms with E-state index in [1.54, 1.807) is 31.4 Å². The van der Waals surface area contributed by atoms with Crippen LogP contribution in [-0.4, -0.2) is 45.4 Å². The lowest BCUT2D eigenvalue weighted by Gasteiger charge is -2.13. The van der Waals surface area contributed by atoms with Crippen molar-refractivity contribution in [3.8, 4) is 11.5 Å². The van der Waals surface area contributed by atoms with Crippen molar-refractivity contribution in [1.82, 2.24) is 10.7 Å². The van der Waals surface area contributed by atoms with Crippen LogP contribution in [0.1, 0.15) is 17.5 Å². The van der Waals surface area contributed by atoms with Gasteiger partial charge in [0.25, 0.3) is 0 Å². The maximum Gasteiger partial charge on any atom is 0.329 e. The molecule has 2 N–H and O–H groups in total. The first-order valence-electron chi connectivity index (χ1n) is 9.20. The van der Waals surface area contributed by atoms with Gasteiger partial charge in [0, 0.05) is 36.4 Å². The third-order valence-electron chi connectivity index (χ3n) is 3.95. The van der Waals surface area contributed by atoms with Gasteiger partial charge in [-0.3, -0.25) is 9.59 Å². The molecule has 30 heavy (non-hydrogen) atoms. The zero-order valence-electron chi connectivity index (χ0n) is 16.8. The lowest BCUT2D eigenvalue weighted by Crippen LogP contribution is -2.38. The summed E-state index contributed by atoms with van der Waals surface area (Å²) in [6, 6.07) is 12.6. The van der Waals surface area contributed by atoms with Gasteiger partial charge in [-0.15, -0.1) is 0 Å². The van der Waals surface area contributed by atoms with Crippen LogP contribution in [0.4, 0.5) is 0 Å². The second kappa shape index (κ2) is 12.5. The number of amides is 2. The number of para-hydroxylation sites is 1. The fraction of sp³-hybridized carbons (Fsp3) is 0.286. The predicted molar refractivity (Wildman–Crippen MR) is 114 cm³/mol. The van der Waals surface area contributed by atoms with E-state index in [4.69, 9.17) is 25.8 Å².